The van der Waals surface area contributed by atoms with Crippen molar-refractivity contribution in [2.45, 2.75) is 12.2 Å². The largest absolute Gasteiger partial charge is 0.493 e. The van der Waals surface area contributed by atoms with Crippen LogP contribution >= 0.6 is 0 Å². The van der Waals surface area contributed by atoms with Crippen molar-refractivity contribution in [3.8, 4) is 23.0 Å². The van der Waals surface area contributed by atoms with Gasteiger partial charge in [-0.05, 0) is 24.3 Å². The lowest BCUT2D eigenvalue weighted by Crippen LogP contribution is -2.47. The third-order valence-corrected chi connectivity index (χ3v) is 5.81. The summed E-state index contributed by atoms with van der Waals surface area (Å²) in [5.74, 6) is 1.12. The summed E-state index contributed by atoms with van der Waals surface area (Å²) in [4.78, 5) is 2.16. The van der Waals surface area contributed by atoms with Gasteiger partial charge in [0.05, 0.1) is 28.9 Å². The summed E-state index contributed by atoms with van der Waals surface area (Å²) in [5, 5.41) is 19.7. The Bertz CT molecular complexity index is 1070. The van der Waals surface area contributed by atoms with Crippen molar-refractivity contribution in [1.82, 2.24) is 20.9 Å². The third-order valence-electron chi connectivity index (χ3n) is 5.81. The zero-order chi connectivity index (χ0) is 31.8. The molecule has 2 atom stereocenters. The van der Waals surface area contributed by atoms with Crippen molar-refractivity contribution in [1.29, 1.82) is 0 Å². The molecule has 3 fully saturated rings. The number of hydrogen-bond donors (Lipinski definition) is 4. The number of hydrogen-bond acceptors (Lipinski definition) is 10. The Balaban J connectivity index is 0.000000208. The van der Waals surface area contributed by atoms with Gasteiger partial charge in [0.25, 0.3) is 0 Å². The van der Waals surface area contributed by atoms with E-state index in [9.17, 15) is 5.11 Å². The Kier molecular flexibility index (Phi) is 10.4. The van der Waals surface area contributed by atoms with Crippen molar-refractivity contribution in [2.24, 2.45) is 0 Å². The first-order valence-corrected chi connectivity index (χ1v) is 12.9. The fourth-order valence-electron chi connectivity index (χ4n) is 3.69. The molecule has 3 aliphatic rings. The minimum absolute atomic E-state index is 0.0886. The number of benzene rings is 2. The standard InChI is InChI=1S/C14H22N2O3.C10H12O3.C4H10N2/c1-18-13-4-2-3-5-14(13)19-11-12(17)10-16-8-6-15-7-9-16;1-11-9-4-2-3-5-10(9)13-7-8-6-12-8;1-2-6-4-3-5-1/h2-5,12,15,17H,6-11H2,1H3;2-5,8H,6-7H2,1H3;5-6H,1-4H2/i2*1D3;. The monoisotopic (exact) mass is 538 g/mol. The van der Waals surface area contributed by atoms with Crippen LogP contribution in [-0.4, -0.2) is 115 Å². The molecule has 38 heavy (non-hydrogen) atoms. The van der Waals surface area contributed by atoms with Crippen LogP contribution in [0.1, 0.15) is 8.22 Å². The lowest BCUT2D eigenvalue weighted by Gasteiger charge is -2.29. The van der Waals surface area contributed by atoms with Crippen LogP contribution in [0.4, 0.5) is 0 Å². The Labute approximate surface area is 235 Å². The van der Waals surface area contributed by atoms with Crippen LogP contribution in [0.25, 0.3) is 0 Å². The summed E-state index contributed by atoms with van der Waals surface area (Å²) >= 11 is 0. The smallest absolute Gasteiger partial charge is 0.161 e. The highest BCUT2D eigenvalue weighted by Gasteiger charge is 2.23. The van der Waals surface area contributed by atoms with Crippen molar-refractivity contribution in [2.75, 3.05) is 92.8 Å². The average Bonchev–Trinajstić information content (AvgIpc) is 3.82. The zero-order valence-corrected chi connectivity index (χ0v) is 21.7. The van der Waals surface area contributed by atoms with Crippen LogP contribution in [-0.2, 0) is 4.74 Å². The second-order valence-corrected chi connectivity index (χ2v) is 8.88. The Morgan fingerprint density at radius 1 is 0.842 bits per heavy atom. The molecule has 212 valence electrons. The second kappa shape index (κ2) is 17.8. The molecule has 0 amide bonds. The molecule has 10 nitrogen and oxygen atoms in total. The van der Waals surface area contributed by atoms with Gasteiger partial charge in [-0.1, -0.05) is 24.3 Å². The molecule has 3 aliphatic heterocycles. The average molecular weight is 539 g/mol. The second-order valence-electron chi connectivity index (χ2n) is 8.88. The molecule has 2 unspecified atom stereocenters. The molecule has 0 aliphatic carbocycles. The molecule has 5 rings (SSSR count). The number of ether oxygens (including phenoxy) is 5. The van der Waals surface area contributed by atoms with Crippen molar-refractivity contribution in [3.63, 3.8) is 0 Å². The molecule has 0 aromatic heterocycles. The fourth-order valence-corrected chi connectivity index (χ4v) is 3.69. The molecule has 3 saturated heterocycles. The number of nitrogens with one attached hydrogen (secondary N) is 3. The van der Waals surface area contributed by atoms with Crippen LogP contribution in [0.5, 0.6) is 23.0 Å². The van der Waals surface area contributed by atoms with Gasteiger partial charge < -0.3 is 44.7 Å². The number of nitrogens with zero attached hydrogens (tertiary/aromatic N) is 1. The van der Waals surface area contributed by atoms with E-state index >= 15 is 0 Å². The van der Waals surface area contributed by atoms with Gasteiger partial charge in [-0.25, -0.2) is 0 Å². The number of β-amino-alcohol motifs (C(OH)–C–C–N with tert-alkyl or cyclic N) is 1. The third kappa shape index (κ3) is 11.8. The summed E-state index contributed by atoms with van der Waals surface area (Å²) in [5.41, 5.74) is 0. The highest BCUT2D eigenvalue weighted by Crippen LogP contribution is 2.27. The molecule has 0 bridgehead atoms. The van der Waals surface area contributed by atoms with Gasteiger partial charge in [0.2, 0.25) is 0 Å². The van der Waals surface area contributed by atoms with Gasteiger partial charge in [-0.2, -0.15) is 0 Å². The van der Waals surface area contributed by atoms with Crippen molar-refractivity contribution >= 4 is 0 Å². The number of rotatable bonds is 10. The van der Waals surface area contributed by atoms with Crippen LogP contribution in [0.3, 0.4) is 0 Å². The first-order chi connectivity index (χ1) is 21.0. The zero-order valence-electron chi connectivity index (χ0n) is 27.7. The van der Waals surface area contributed by atoms with E-state index in [-0.39, 0.29) is 24.2 Å². The van der Waals surface area contributed by atoms with Gasteiger partial charge in [-0.15, -0.1) is 0 Å². The fraction of sp³-hybridized carbons (Fsp3) is 0.571. The Morgan fingerprint density at radius 3 is 1.84 bits per heavy atom. The van der Waals surface area contributed by atoms with E-state index in [0.29, 0.717) is 31.3 Å². The van der Waals surface area contributed by atoms with E-state index in [2.05, 4.69) is 20.9 Å². The maximum atomic E-state index is 10.0. The molecule has 0 saturated carbocycles. The van der Waals surface area contributed by atoms with E-state index in [1.54, 1.807) is 42.5 Å². The quantitative estimate of drug-likeness (QED) is 0.327. The van der Waals surface area contributed by atoms with E-state index in [0.717, 1.165) is 52.4 Å². The SMILES string of the molecule is C1CNCCN1.[2H]C([2H])([2H])Oc1ccccc1OCC(O)CN1CCNCC1.[2H]C([2H])([2H])Oc1ccccc1OCC1CO1. The van der Waals surface area contributed by atoms with Gasteiger partial charge in [0.1, 0.15) is 25.4 Å². The summed E-state index contributed by atoms with van der Waals surface area (Å²) in [6.45, 7) is 9.93. The molecule has 2 aromatic rings. The highest BCUT2D eigenvalue weighted by molar-refractivity contribution is 5.40. The molecule has 3 heterocycles. The minimum Gasteiger partial charge on any atom is -0.493 e. The molecule has 0 radical (unpaired) electrons. The summed E-state index contributed by atoms with van der Waals surface area (Å²) in [7, 11) is -4.99. The Hall–Kier alpha value is -2.60. The van der Waals surface area contributed by atoms with E-state index < -0.39 is 20.2 Å². The molecular weight excluding hydrogens is 488 g/mol. The summed E-state index contributed by atoms with van der Waals surface area (Å²) in [6, 6.07) is 13.2. The molecule has 4 N–H and O–H groups in total. The number of methoxy groups -OCH3 is 2. The van der Waals surface area contributed by atoms with Crippen molar-refractivity contribution in [3.05, 3.63) is 48.5 Å². The normalized spacial score (nSPS) is 22.5. The summed E-state index contributed by atoms with van der Waals surface area (Å²) < 4.78 is 68.1. The van der Waals surface area contributed by atoms with Crippen LogP contribution in [0.15, 0.2) is 48.5 Å². The van der Waals surface area contributed by atoms with Gasteiger partial charge >= 0.3 is 0 Å². The maximum absolute atomic E-state index is 10.0. The van der Waals surface area contributed by atoms with Gasteiger partial charge in [0.15, 0.2) is 23.0 Å². The molecule has 2 aromatic carbocycles. The number of piperazine rings is 2. The molecule has 10 heteroatoms. The molecular formula is C28H44N4O6. The van der Waals surface area contributed by atoms with Crippen LogP contribution in [0.2, 0.25) is 0 Å². The van der Waals surface area contributed by atoms with Crippen LogP contribution < -0.4 is 34.9 Å². The van der Waals surface area contributed by atoms with E-state index in [4.69, 9.17) is 31.9 Å². The lowest BCUT2D eigenvalue weighted by molar-refractivity contribution is 0.0632. The number of para-hydroxylation sites is 4. The number of aliphatic hydroxyl groups excluding tert-OH is 1. The Morgan fingerprint density at radius 2 is 1.34 bits per heavy atom. The first kappa shape index (κ1) is 22.2. The predicted molar refractivity (Wildman–Crippen MR) is 148 cm³/mol. The van der Waals surface area contributed by atoms with Gasteiger partial charge in [-0.3, -0.25) is 4.90 Å². The lowest BCUT2D eigenvalue weighted by atomic mass is 10.3. The highest BCUT2D eigenvalue weighted by atomic mass is 16.6. The number of aliphatic hydroxyl groups is 1. The van der Waals surface area contributed by atoms with E-state index in [1.807, 2.05) is 0 Å². The maximum Gasteiger partial charge on any atom is 0.161 e. The predicted octanol–water partition coefficient (Wildman–Crippen LogP) is 0.992. The van der Waals surface area contributed by atoms with Crippen molar-refractivity contribution < 1.29 is 37.0 Å². The molecule has 0 spiro atoms. The first-order valence-electron chi connectivity index (χ1n) is 15.9. The summed E-state index contributed by atoms with van der Waals surface area (Å²) in [6.07, 6.45) is -0.514. The number of epoxide rings is 1. The minimum atomic E-state index is -2.53. The van der Waals surface area contributed by atoms with E-state index in [1.165, 1.54) is 6.07 Å². The van der Waals surface area contributed by atoms with Gasteiger partial charge in [0, 0.05) is 58.9 Å². The van der Waals surface area contributed by atoms with Crippen LogP contribution in [0, 0.1) is 0 Å². The topological polar surface area (TPSA) is 109 Å².